The fraction of sp³-hybridized carbons (Fsp3) is 1.00. The van der Waals surface area contributed by atoms with Crippen LogP contribution in [0.2, 0.25) is 0 Å². The number of hydrogen-bond donors (Lipinski definition) is 1. The molecule has 2 aliphatic heterocycles. The van der Waals surface area contributed by atoms with Gasteiger partial charge in [0, 0.05) is 32.2 Å². The van der Waals surface area contributed by atoms with Gasteiger partial charge in [-0.3, -0.25) is 0 Å². The van der Waals surface area contributed by atoms with Crippen molar-refractivity contribution in [1.82, 2.24) is 8.61 Å². The highest BCUT2D eigenvalue weighted by Gasteiger charge is 2.40. The lowest BCUT2D eigenvalue weighted by Crippen LogP contribution is -2.57. The first kappa shape index (κ1) is 16.2. The predicted octanol–water partition coefficient (Wildman–Crippen LogP) is 1.27. The van der Waals surface area contributed by atoms with E-state index < -0.39 is 10.2 Å². The first-order chi connectivity index (χ1) is 9.36. The average Bonchev–Trinajstić information content (AvgIpc) is 2.37. The van der Waals surface area contributed by atoms with Crippen molar-refractivity contribution in [3.63, 3.8) is 0 Å². The maximum Gasteiger partial charge on any atom is 0.282 e. The lowest BCUT2D eigenvalue weighted by molar-refractivity contribution is 0.160. The van der Waals surface area contributed by atoms with Crippen LogP contribution in [-0.4, -0.2) is 49.2 Å². The highest BCUT2D eigenvalue weighted by atomic mass is 32.2. The minimum absolute atomic E-state index is 0.0405. The van der Waals surface area contributed by atoms with E-state index in [-0.39, 0.29) is 6.04 Å². The quantitative estimate of drug-likeness (QED) is 0.854. The van der Waals surface area contributed by atoms with E-state index in [0.717, 1.165) is 19.3 Å². The Kier molecular flexibility index (Phi) is 5.10. The lowest BCUT2D eigenvalue weighted by Gasteiger charge is -2.43. The maximum absolute atomic E-state index is 12.9. The zero-order valence-electron chi connectivity index (χ0n) is 13.0. The summed E-state index contributed by atoms with van der Waals surface area (Å²) in [4.78, 5) is 0. The number of nitrogens with zero attached hydrogens (tertiary/aromatic N) is 2. The van der Waals surface area contributed by atoms with Gasteiger partial charge in [0.15, 0.2) is 0 Å². The number of piperidine rings is 2. The molecule has 2 fully saturated rings. The molecule has 0 aliphatic carbocycles. The molecule has 0 unspecified atom stereocenters. The molecule has 5 nitrogen and oxygen atoms in total. The molecule has 20 heavy (non-hydrogen) atoms. The van der Waals surface area contributed by atoms with E-state index in [4.69, 9.17) is 5.73 Å². The van der Waals surface area contributed by atoms with E-state index in [2.05, 4.69) is 20.8 Å². The molecule has 2 rings (SSSR count). The molecular formula is C14H29N3O2S. The van der Waals surface area contributed by atoms with Gasteiger partial charge < -0.3 is 5.73 Å². The van der Waals surface area contributed by atoms with Crippen LogP contribution in [0.1, 0.15) is 40.0 Å². The molecule has 2 N–H and O–H groups in total. The van der Waals surface area contributed by atoms with Gasteiger partial charge in [0.25, 0.3) is 10.2 Å². The van der Waals surface area contributed by atoms with Crippen LogP contribution in [0.4, 0.5) is 0 Å². The summed E-state index contributed by atoms with van der Waals surface area (Å²) in [7, 11) is -3.36. The van der Waals surface area contributed by atoms with Crippen LogP contribution in [0.3, 0.4) is 0 Å². The zero-order chi connectivity index (χ0) is 14.9. The third-order valence-corrected chi connectivity index (χ3v) is 6.76. The van der Waals surface area contributed by atoms with Gasteiger partial charge in [-0.25, -0.2) is 0 Å². The van der Waals surface area contributed by atoms with Crippen LogP contribution < -0.4 is 5.73 Å². The Morgan fingerprint density at radius 2 is 1.75 bits per heavy atom. The summed E-state index contributed by atoms with van der Waals surface area (Å²) in [6, 6.07) is -0.0405. The van der Waals surface area contributed by atoms with Crippen LogP contribution in [0, 0.1) is 17.8 Å². The van der Waals surface area contributed by atoms with Crippen molar-refractivity contribution in [1.29, 1.82) is 0 Å². The molecule has 2 saturated heterocycles. The van der Waals surface area contributed by atoms with E-state index in [9.17, 15) is 8.42 Å². The summed E-state index contributed by atoms with van der Waals surface area (Å²) in [5.74, 6) is 1.22. The molecule has 0 radical (unpaired) electrons. The summed E-state index contributed by atoms with van der Waals surface area (Å²) < 4.78 is 29.2. The monoisotopic (exact) mass is 303 g/mol. The standard InChI is InChI=1S/C14H29N3O2S/c1-11-7-12(2)10-16(9-11)20(18,19)17-6-4-5-13(3)14(17)8-15/h11-14H,4-10,15H2,1-3H3/t11-,12+,13-,14+/m1/s1. The summed E-state index contributed by atoms with van der Waals surface area (Å²) in [6.45, 7) is 8.71. The van der Waals surface area contributed by atoms with Gasteiger partial charge in [-0.05, 0) is 37.0 Å². The van der Waals surface area contributed by atoms with Crippen molar-refractivity contribution >= 4 is 10.2 Å². The fourth-order valence-electron chi connectivity index (χ4n) is 3.79. The molecule has 0 amide bonds. The Bertz CT molecular complexity index is 416. The van der Waals surface area contributed by atoms with Crippen molar-refractivity contribution in [2.45, 2.75) is 46.1 Å². The van der Waals surface area contributed by atoms with Crippen molar-refractivity contribution in [3.05, 3.63) is 0 Å². The topological polar surface area (TPSA) is 66.6 Å². The van der Waals surface area contributed by atoms with E-state index in [1.807, 2.05) is 0 Å². The van der Waals surface area contributed by atoms with Crippen LogP contribution in [0.25, 0.3) is 0 Å². The average molecular weight is 303 g/mol. The molecule has 0 spiro atoms. The molecule has 118 valence electrons. The number of nitrogens with two attached hydrogens (primary N) is 1. The van der Waals surface area contributed by atoms with Gasteiger partial charge in [-0.15, -0.1) is 0 Å². The number of hydrogen-bond acceptors (Lipinski definition) is 3. The second-order valence-corrected chi connectivity index (χ2v) is 8.69. The highest BCUT2D eigenvalue weighted by molar-refractivity contribution is 7.86. The second kappa shape index (κ2) is 6.30. The first-order valence-corrected chi connectivity index (χ1v) is 9.23. The van der Waals surface area contributed by atoms with E-state index in [0.29, 0.717) is 43.9 Å². The Balaban J connectivity index is 2.20. The smallest absolute Gasteiger partial charge is 0.282 e. The SMILES string of the molecule is C[C@@H]1C[C@H](C)CN(S(=O)(=O)N2CCC[C@@H](C)[C@@H]2CN)C1. The third kappa shape index (κ3) is 3.18. The Morgan fingerprint density at radius 1 is 1.15 bits per heavy atom. The van der Waals surface area contributed by atoms with Crippen molar-refractivity contribution in [3.8, 4) is 0 Å². The van der Waals surface area contributed by atoms with Gasteiger partial charge in [0.1, 0.15) is 0 Å². The van der Waals surface area contributed by atoms with E-state index in [1.54, 1.807) is 8.61 Å². The minimum atomic E-state index is -3.36. The van der Waals surface area contributed by atoms with E-state index in [1.165, 1.54) is 0 Å². The van der Waals surface area contributed by atoms with Crippen molar-refractivity contribution in [2.24, 2.45) is 23.5 Å². The summed E-state index contributed by atoms with van der Waals surface area (Å²) in [6.07, 6.45) is 3.12. The van der Waals surface area contributed by atoms with Gasteiger partial charge in [0.05, 0.1) is 0 Å². The molecule has 2 aliphatic rings. The third-order valence-electron chi connectivity index (χ3n) is 4.76. The molecule has 6 heteroatoms. The molecule has 0 saturated carbocycles. The van der Waals surface area contributed by atoms with Gasteiger partial charge >= 0.3 is 0 Å². The molecule has 0 aromatic carbocycles. The summed E-state index contributed by atoms with van der Waals surface area (Å²) in [5, 5.41) is 0. The predicted molar refractivity (Wildman–Crippen MR) is 81.4 cm³/mol. The van der Waals surface area contributed by atoms with Crippen LogP contribution in [0.15, 0.2) is 0 Å². The molecule has 0 bridgehead atoms. The molecule has 0 aromatic heterocycles. The van der Waals surface area contributed by atoms with Gasteiger partial charge in [-0.2, -0.15) is 17.0 Å². The Morgan fingerprint density at radius 3 is 2.30 bits per heavy atom. The van der Waals surface area contributed by atoms with Crippen LogP contribution in [0.5, 0.6) is 0 Å². The van der Waals surface area contributed by atoms with Gasteiger partial charge in [0.2, 0.25) is 0 Å². The number of rotatable bonds is 3. The molecule has 0 aromatic rings. The minimum Gasteiger partial charge on any atom is -0.329 e. The normalized spacial score (nSPS) is 38.0. The first-order valence-electron chi connectivity index (χ1n) is 7.83. The fourth-order valence-corrected chi connectivity index (χ4v) is 5.97. The van der Waals surface area contributed by atoms with Crippen LogP contribution in [-0.2, 0) is 10.2 Å². The maximum atomic E-state index is 12.9. The lowest BCUT2D eigenvalue weighted by atomic mass is 9.93. The Hall–Kier alpha value is -0.170. The van der Waals surface area contributed by atoms with Gasteiger partial charge in [-0.1, -0.05) is 20.8 Å². The van der Waals surface area contributed by atoms with Crippen LogP contribution >= 0.6 is 0 Å². The Labute approximate surface area is 123 Å². The highest BCUT2D eigenvalue weighted by Crippen LogP contribution is 2.30. The molecule has 2 heterocycles. The molecular weight excluding hydrogens is 274 g/mol. The second-order valence-electron chi connectivity index (χ2n) is 6.80. The zero-order valence-corrected chi connectivity index (χ0v) is 13.8. The summed E-state index contributed by atoms with van der Waals surface area (Å²) in [5.41, 5.74) is 5.84. The molecule has 4 atom stereocenters. The largest absolute Gasteiger partial charge is 0.329 e. The van der Waals surface area contributed by atoms with E-state index >= 15 is 0 Å². The summed E-state index contributed by atoms with van der Waals surface area (Å²) >= 11 is 0. The van der Waals surface area contributed by atoms with Crippen molar-refractivity contribution in [2.75, 3.05) is 26.2 Å². The van der Waals surface area contributed by atoms with Crippen molar-refractivity contribution < 1.29 is 8.42 Å².